The highest BCUT2D eigenvalue weighted by Crippen LogP contribution is 2.37. The standard InChI is InChI=1S/C21H23ClN2O2/c1-14(2)16-6-4-15(5-7-16)12-20-21(25)24(11-3-10-23)18-13-17(22)8-9-19(18)26-20/h4-9,12-14H,3,10-11,23H2,1-2H3/b20-12+. The molecule has 0 fully saturated rings. The van der Waals surface area contributed by atoms with Crippen LogP contribution >= 0.6 is 11.6 Å². The Kier molecular flexibility index (Phi) is 5.64. The van der Waals surface area contributed by atoms with Gasteiger partial charge >= 0.3 is 0 Å². The molecule has 0 aromatic heterocycles. The van der Waals surface area contributed by atoms with Crippen LogP contribution in [0.2, 0.25) is 5.02 Å². The second kappa shape index (κ2) is 7.94. The van der Waals surface area contributed by atoms with Crippen LogP contribution in [0.1, 0.15) is 37.3 Å². The Labute approximate surface area is 159 Å². The summed E-state index contributed by atoms with van der Waals surface area (Å²) in [7, 11) is 0. The number of ether oxygens (including phenoxy) is 1. The van der Waals surface area contributed by atoms with Gasteiger partial charge < -0.3 is 15.4 Å². The Morgan fingerprint density at radius 2 is 1.92 bits per heavy atom. The van der Waals surface area contributed by atoms with Gasteiger partial charge in [0.25, 0.3) is 5.91 Å². The molecule has 0 saturated carbocycles. The average Bonchev–Trinajstić information content (AvgIpc) is 2.63. The molecule has 1 aliphatic rings. The summed E-state index contributed by atoms with van der Waals surface area (Å²) in [5.74, 6) is 1.21. The van der Waals surface area contributed by atoms with Crippen molar-refractivity contribution in [3.63, 3.8) is 0 Å². The Balaban J connectivity index is 1.95. The minimum atomic E-state index is -0.179. The second-order valence-electron chi connectivity index (χ2n) is 6.64. The molecule has 0 aliphatic carbocycles. The van der Waals surface area contributed by atoms with Crippen molar-refractivity contribution in [2.24, 2.45) is 5.73 Å². The van der Waals surface area contributed by atoms with E-state index in [9.17, 15) is 4.79 Å². The van der Waals surface area contributed by atoms with Gasteiger partial charge in [0.2, 0.25) is 0 Å². The number of anilines is 1. The molecule has 1 amide bonds. The molecule has 0 bridgehead atoms. The summed E-state index contributed by atoms with van der Waals surface area (Å²) in [5, 5.41) is 0.564. The fraction of sp³-hybridized carbons (Fsp3) is 0.286. The molecule has 1 heterocycles. The molecule has 3 rings (SSSR count). The molecular formula is C21H23ClN2O2. The summed E-state index contributed by atoms with van der Waals surface area (Å²) in [4.78, 5) is 14.6. The van der Waals surface area contributed by atoms with Crippen molar-refractivity contribution >= 4 is 29.3 Å². The van der Waals surface area contributed by atoms with Crippen LogP contribution in [-0.2, 0) is 4.79 Å². The van der Waals surface area contributed by atoms with E-state index in [1.165, 1.54) is 5.56 Å². The summed E-state index contributed by atoms with van der Waals surface area (Å²) in [5.41, 5.74) is 8.49. The van der Waals surface area contributed by atoms with E-state index in [4.69, 9.17) is 22.1 Å². The summed E-state index contributed by atoms with van der Waals surface area (Å²) >= 11 is 6.10. The molecule has 0 atom stereocenters. The fourth-order valence-corrected chi connectivity index (χ4v) is 3.05. The van der Waals surface area contributed by atoms with Gasteiger partial charge in [0.05, 0.1) is 5.69 Å². The lowest BCUT2D eigenvalue weighted by atomic mass is 10.0. The van der Waals surface area contributed by atoms with Crippen molar-refractivity contribution in [2.45, 2.75) is 26.2 Å². The van der Waals surface area contributed by atoms with E-state index < -0.39 is 0 Å². The summed E-state index contributed by atoms with van der Waals surface area (Å²) < 4.78 is 5.87. The lowest BCUT2D eigenvalue weighted by molar-refractivity contribution is -0.117. The van der Waals surface area contributed by atoms with Crippen molar-refractivity contribution in [1.29, 1.82) is 0 Å². The van der Waals surface area contributed by atoms with Gasteiger partial charge in [0, 0.05) is 11.6 Å². The predicted molar refractivity (Wildman–Crippen MR) is 107 cm³/mol. The number of halogens is 1. The Bertz CT molecular complexity index is 828. The number of fused-ring (bicyclic) bond motifs is 1. The molecule has 1 aliphatic heterocycles. The average molecular weight is 371 g/mol. The van der Waals surface area contributed by atoms with Crippen LogP contribution in [-0.4, -0.2) is 19.0 Å². The first-order valence-corrected chi connectivity index (χ1v) is 9.18. The van der Waals surface area contributed by atoms with Gasteiger partial charge in [-0.2, -0.15) is 0 Å². The number of rotatable bonds is 5. The van der Waals surface area contributed by atoms with Crippen LogP contribution in [0.5, 0.6) is 5.75 Å². The number of carbonyl (C=O) groups is 1. The van der Waals surface area contributed by atoms with Gasteiger partial charge in [-0.15, -0.1) is 0 Å². The molecule has 2 aromatic carbocycles. The highest BCUT2D eigenvalue weighted by Gasteiger charge is 2.30. The molecule has 0 unspecified atom stereocenters. The number of carbonyl (C=O) groups excluding carboxylic acids is 1. The van der Waals surface area contributed by atoms with Gasteiger partial charge in [-0.3, -0.25) is 4.79 Å². The van der Waals surface area contributed by atoms with Gasteiger partial charge in [-0.25, -0.2) is 0 Å². The lowest BCUT2D eigenvalue weighted by Crippen LogP contribution is -2.38. The SMILES string of the molecule is CC(C)c1ccc(/C=C2/Oc3ccc(Cl)cc3N(CCCN)C2=O)cc1. The summed E-state index contributed by atoms with van der Waals surface area (Å²) in [6, 6.07) is 13.4. The van der Waals surface area contributed by atoms with Crippen LogP contribution < -0.4 is 15.4 Å². The van der Waals surface area contributed by atoms with Crippen LogP contribution in [0.25, 0.3) is 6.08 Å². The van der Waals surface area contributed by atoms with E-state index in [1.54, 1.807) is 29.2 Å². The Hall–Kier alpha value is -2.30. The minimum absolute atomic E-state index is 0.179. The first-order valence-electron chi connectivity index (χ1n) is 8.80. The normalized spacial score (nSPS) is 15.3. The van der Waals surface area contributed by atoms with Crippen molar-refractivity contribution in [2.75, 3.05) is 18.0 Å². The van der Waals surface area contributed by atoms with E-state index in [0.29, 0.717) is 47.6 Å². The van der Waals surface area contributed by atoms with Crippen molar-refractivity contribution < 1.29 is 9.53 Å². The van der Waals surface area contributed by atoms with E-state index in [2.05, 4.69) is 26.0 Å². The highest BCUT2D eigenvalue weighted by molar-refractivity contribution is 6.31. The number of hydrogen-bond acceptors (Lipinski definition) is 3. The predicted octanol–water partition coefficient (Wildman–Crippen LogP) is 4.58. The number of nitrogens with zero attached hydrogens (tertiary/aromatic N) is 1. The van der Waals surface area contributed by atoms with Gasteiger partial charge in [-0.1, -0.05) is 49.7 Å². The van der Waals surface area contributed by atoms with E-state index in [1.807, 2.05) is 12.1 Å². The first-order chi connectivity index (χ1) is 12.5. The third kappa shape index (κ3) is 3.92. The van der Waals surface area contributed by atoms with Crippen LogP contribution in [0.3, 0.4) is 0 Å². The van der Waals surface area contributed by atoms with E-state index in [-0.39, 0.29) is 5.91 Å². The maximum atomic E-state index is 12.9. The number of nitrogens with two attached hydrogens (primary N) is 1. The first kappa shape index (κ1) is 18.5. The summed E-state index contributed by atoms with van der Waals surface area (Å²) in [6.45, 7) is 5.34. The van der Waals surface area contributed by atoms with Crippen molar-refractivity contribution in [3.8, 4) is 5.75 Å². The molecule has 2 aromatic rings. The summed E-state index contributed by atoms with van der Waals surface area (Å²) in [6.07, 6.45) is 2.48. The monoisotopic (exact) mass is 370 g/mol. The van der Waals surface area contributed by atoms with E-state index >= 15 is 0 Å². The quantitative estimate of drug-likeness (QED) is 0.784. The third-order valence-corrected chi connectivity index (χ3v) is 4.61. The molecule has 26 heavy (non-hydrogen) atoms. The Morgan fingerprint density at radius 3 is 2.58 bits per heavy atom. The zero-order chi connectivity index (χ0) is 18.7. The molecule has 4 nitrogen and oxygen atoms in total. The largest absolute Gasteiger partial charge is 0.449 e. The maximum Gasteiger partial charge on any atom is 0.294 e. The number of hydrogen-bond donors (Lipinski definition) is 1. The fourth-order valence-electron chi connectivity index (χ4n) is 2.88. The van der Waals surface area contributed by atoms with Crippen LogP contribution in [0.15, 0.2) is 48.2 Å². The van der Waals surface area contributed by atoms with Gasteiger partial charge in [0.15, 0.2) is 11.5 Å². The third-order valence-electron chi connectivity index (χ3n) is 4.37. The smallest absolute Gasteiger partial charge is 0.294 e. The highest BCUT2D eigenvalue weighted by atomic mass is 35.5. The van der Waals surface area contributed by atoms with Crippen molar-refractivity contribution in [1.82, 2.24) is 0 Å². The zero-order valence-electron chi connectivity index (χ0n) is 15.0. The topological polar surface area (TPSA) is 55.6 Å². The van der Waals surface area contributed by atoms with Gasteiger partial charge in [0.1, 0.15) is 0 Å². The second-order valence-corrected chi connectivity index (χ2v) is 7.08. The molecule has 5 heteroatoms. The lowest BCUT2D eigenvalue weighted by Gasteiger charge is -2.30. The van der Waals surface area contributed by atoms with E-state index in [0.717, 1.165) is 5.56 Å². The molecular weight excluding hydrogens is 348 g/mol. The van der Waals surface area contributed by atoms with Gasteiger partial charge in [-0.05, 0) is 54.3 Å². The maximum absolute atomic E-state index is 12.9. The molecule has 2 N–H and O–H groups in total. The zero-order valence-corrected chi connectivity index (χ0v) is 15.8. The van der Waals surface area contributed by atoms with Crippen LogP contribution in [0.4, 0.5) is 5.69 Å². The molecule has 0 radical (unpaired) electrons. The number of benzene rings is 2. The molecule has 0 spiro atoms. The molecule has 136 valence electrons. The molecule has 0 saturated heterocycles. The van der Waals surface area contributed by atoms with Crippen LogP contribution in [0, 0.1) is 0 Å². The number of amides is 1. The Morgan fingerprint density at radius 1 is 1.19 bits per heavy atom. The minimum Gasteiger partial charge on any atom is -0.449 e. The van der Waals surface area contributed by atoms with Crippen molar-refractivity contribution in [3.05, 3.63) is 64.4 Å².